The van der Waals surface area contributed by atoms with Crippen LogP contribution in [0.25, 0.3) is 0 Å². The Hall–Kier alpha value is -2.14. The molecule has 2 aromatic rings. The van der Waals surface area contributed by atoms with Crippen LogP contribution in [0.2, 0.25) is 0 Å². The number of carbonyl (C=O) groups excluding carboxylic acids is 1. The van der Waals surface area contributed by atoms with Crippen LogP contribution in [0.3, 0.4) is 0 Å². The molecule has 0 radical (unpaired) electrons. The maximum atomic E-state index is 13.3. The number of likely N-dealkylation sites (tertiary alicyclic amines) is 1. The van der Waals surface area contributed by atoms with Crippen LogP contribution in [-0.2, 0) is 19.9 Å². The topological polar surface area (TPSA) is 41.4 Å². The van der Waals surface area contributed by atoms with Gasteiger partial charge in [0, 0.05) is 19.6 Å². The molecule has 2 heterocycles. The fraction of sp³-hybridized carbons (Fsp3) is 0.524. The van der Waals surface area contributed by atoms with E-state index in [2.05, 4.69) is 53.1 Å². The zero-order valence-corrected chi connectivity index (χ0v) is 16.2. The molecular formula is C21H30N4O. The Morgan fingerprint density at radius 1 is 1.19 bits per heavy atom. The van der Waals surface area contributed by atoms with Gasteiger partial charge >= 0.3 is 0 Å². The summed E-state index contributed by atoms with van der Waals surface area (Å²) >= 11 is 0. The van der Waals surface area contributed by atoms with E-state index in [1.54, 1.807) is 4.68 Å². The highest BCUT2D eigenvalue weighted by Crippen LogP contribution is 2.20. The number of aryl methyl sites for hydroxylation is 2. The second-order valence-electron chi connectivity index (χ2n) is 7.27. The number of hydrogen-bond donors (Lipinski definition) is 0. The van der Waals surface area contributed by atoms with E-state index in [1.807, 2.05) is 19.2 Å². The van der Waals surface area contributed by atoms with Crippen molar-refractivity contribution in [1.82, 2.24) is 19.6 Å². The molecule has 1 saturated heterocycles. The molecule has 0 bridgehead atoms. The quantitative estimate of drug-likeness (QED) is 0.801. The van der Waals surface area contributed by atoms with E-state index in [-0.39, 0.29) is 5.91 Å². The van der Waals surface area contributed by atoms with Crippen LogP contribution >= 0.6 is 0 Å². The number of hydrogen-bond acceptors (Lipinski definition) is 3. The molecule has 1 aromatic heterocycles. The van der Waals surface area contributed by atoms with E-state index >= 15 is 0 Å². The Balaban J connectivity index is 1.79. The normalized spacial score (nSPS) is 16.0. The third kappa shape index (κ3) is 4.33. The summed E-state index contributed by atoms with van der Waals surface area (Å²) in [5.41, 5.74) is 2.95. The first-order chi connectivity index (χ1) is 12.6. The minimum absolute atomic E-state index is 0.116. The van der Waals surface area contributed by atoms with Gasteiger partial charge in [-0.1, -0.05) is 37.3 Å². The van der Waals surface area contributed by atoms with Crippen molar-refractivity contribution >= 4 is 5.91 Å². The molecule has 1 aliphatic heterocycles. The molecule has 26 heavy (non-hydrogen) atoms. The minimum Gasteiger partial charge on any atom is -0.334 e. The second-order valence-corrected chi connectivity index (χ2v) is 7.27. The summed E-state index contributed by atoms with van der Waals surface area (Å²) in [7, 11) is 4.03. The zero-order valence-electron chi connectivity index (χ0n) is 16.2. The lowest BCUT2D eigenvalue weighted by Gasteiger charge is -2.37. The summed E-state index contributed by atoms with van der Waals surface area (Å²) in [6.07, 6.45) is 3.81. The Morgan fingerprint density at radius 3 is 2.50 bits per heavy atom. The highest BCUT2D eigenvalue weighted by atomic mass is 16.2. The van der Waals surface area contributed by atoms with Crippen molar-refractivity contribution in [3.8, 4) is 0 Å². The van der Waals surface area contributed by atoms with Gasteiger partial charge in [0.15, 0.2) is 0 Å². The van der Waals surface area contributed by atoms with Crippen LogP contribution in [0.1, 0.15) is 41.5 Å². The molecule has 5 nitrogen and oxygen atoms in total. The highest BCUT2D eigenvalue weighted by Gasteiger charge is 2.29. The standard InChI is InChI=1S/C21H30N4O/c1-4-18-16-20(24(3)22-18)21(26)25(19-11-13-23(2)14-12-19)15-10-17-8-6-5-7-9-17/h5-9,16,19H,4,10-15H2,1-3H3. The number of rotatable bonds is 6. The summed E-state index contributed by atoms with van der Waals surface area (Å²) < 4.78 is 1.74. The van der Waals surface area contributed by atoms with Gasteiger partial charge in [-0.05, 0) is 57.5 Å². The van der Waals surface area contributed by atoms with Gasteiger partial charge in [-0.15, -0.1) is 0 Å². The Labute approximate surface area is 156 Å². The third-order valence-electron chi connectivity index (χ3n) is 5.39. The molecule has 1 aromatic carbocycles. The summed E-state index contributed by atoms with van der Waals surface area (Å²) in [5.74, 6) is 0.116. The predicted molar refractivity (Wildman–Crippen MR) is 104 cm³/mol. The van der Waals surface area contributed by atoms with E-state index in [4.69, 9.17) is 0 Å². The van der Waals surface area contributed by atoms with E-state index in [0.717, 1.165) is 51.0 Å². The minimum atomic E-state index is 0.116. The van der Waals surface area contributed by atoms with Crippen LogP contribution in [0, 0.1) is 0 Å². The molecule has 0 atom stereocenters. The van der Waals surface area contributed by atoms with Gasteiger partial charge < -0.3 is 9.80 Å². The molecule has 1 fully saturated rings. The number of aromatic nitrogens is 2. The lowest BCUT2D eigenvalue weighted by Crippen LogP contribution is -2.47. The number of benzene rings is 1. The molecule has 140 valence electrons. The second kappa shape index (κ2) is 8.49. The van der Waals surface area contributed by atoms with Crippen molar-refractivity contribution in [3.63, 3.8) is 0 Å². The summed E-state index contributed by atoms with van der Waals surface area (Å²) in [6.45, 7) is 4.92. The smallest absolute Gasteiger partial charge is 0.272 e. The van der Waals surface area contributed by atoms with Gasteiger partial charge in [0.25, 0.3) is 5.91 Å². The van der Waals surface area contributed by atoms with Crippen molar-refractivity contribution in [2.45, 2.75) is 38.6 Å². The van der Waals surface area contributed by atoms with Crippen LogP contribution in [0.4, 0.5) is 0 Å². The number of amides is 1. The fourth-order valence-corrected chi connectivity index (χ4v) is 3.70. The van der Waals surface area contributed by atoms with Crippen LogP contribution in [-0.4, -0.2) is 58.2 Å². The molecule has 0 saturated carbocycles. The van der Waals surface area contributed by atoms with Crippen molar-refractivity contribution in [3.05, 3.63) is 53.3 Å². The maximum absolute atomic E-state index is 13.3. The first kappa shape index (κ1) is 18.6. The van der Waals surface area contributed by atoms with Gasteiger partial charge in [0.05, 0.1) is 5.69 Å². The van der Waals surface area contributed by atoms with Gasteiger partial charge in [-0.2, -0.15) is 5.10 Å². The lowest BCUT2D eigenvalue weighted by atomic mass is 10.0. The maximum Gasteiger partial charge on any atom is 0.272 e. The van der Waals surface area contributed by atoms with Crippen LogP contribution in [0.15, 0.2) is 36.4 Å². The van der Waals surface area contributed by atoms with Gasteiger partial charge in [-0.3, -0.25) is 9.48 Å². The van der Waals surface area contributed by atoms with Crippen molar-refractivity contribution in [1.29, 1.82) is 0 Å². The Kier molecular flexibility index (Phi) is 6.09. The van der Waals surface area contributed by atoms with Gasteiger partial charge in [0.2, 0.25) is 0 Å². The lowest BCUT2D eigenvalue weighted by molar-refractivity contribution is 0.0583. The van der Waals surface area contributed by atoms with E-state index in [1.165, 1.54) is 5.56 Å². The van der Waals surface area contributed by atoms with Crippen molar-refractivity contribution in [2.24, 2.45) is 7.05 Å². The monoisotopic (exact) mass is 354 g/mol. The zero-order chi connectivity index (χ0) is 18.5. The summed E-state index contributed by atoms with van der Waals surface area (Å²) in [6, 6.07) is 12.7. The molecule has 0 aliphatic carbocycles. The van der Waals surface area contributed by atoms with Crippen LogP contribution < -0.4 is 0 Å². The SMILES string of the molecule is CCc1cc(C(=O)N(CCc2ccccc2)C2CCN(C)CC2)n(C)n1. The molecule has 1 amide bonds. The van der Waals surface area contributed by atoms with Gasteiger partial charge in [0.1, 0.15) is 5.69 Å². The molecule has 0 N–H and O–H groups in total. The average Bonchev–Trinajstić information content (AvgIpc) is 3.05. The molecule has 5 heteroatoms. The van der Waals surface area contributed by atoms with Crippen LogP contribution in [0.5, 0.6) is 0 Å². The number of piperidine rings is 1. The van der Waals surface area contributed by atoms with Gasteiger partial charge in [-0.25, -0.2) is 0 Å². The molecule has 3 rings (SSSR count). The molecule has 0 unspecified atom stereocenters. The Bertz CT molecular complexity index is 717. The first-order valence-electron chi connectivity index (χ1n) is 9.64. The molecular weight excluding hydrogens is 324 g/mol. The summed E-state index contributed by atoms with van der Waals surface area (Å²) in [5, 5.41) is 4.47. The first-order valence-corrected chi connectivity index (χ1v) is 9.64. The molecule has 1 aliphatic rings. The molecule has 0 spiro atoms. The predicted octanol–water partition coefficient (Wildman–Crippen LogP) is 2.76. The largest absolute Gasteiger partial charge is 0.334 e. The number of nitrogens with zero attached hydrogens (tertiary/aromatic N) is 4. The highest BCUT2D eigenvalue weighted by molar-refractivity contribution is 5.93. The average molecular weight is 354 g/mol. The van der Waals surface area contributed by atoms with Crippen molar-refractivity contribution in [2.75, 3.05) is 26.7 Å². The third-order valence-corrected chi connectivity index (χ3v) is 5.39. The summed E-state index contributed by atoms with van der Waals surface area (Å²) in [4.78, 5) is 17.8. The van der Waals surface area contributed by atoms with Crippen molar-refractivity contribution < 1.29 is 4.79 Å². The fourth-order valence-electron chi connectivity index (χ4n) is 3.70. The van der Waals surface area contributed by atoms with E-state index < -0.39 is 0 Å². The number of carbonyl (C=O) groups is 1. The Morgan fingerprint density at radius 2 is 1.88 bits per heavy atom. The van der Waals surface area contributed by atoms with E-state index in [0.29, 0.717) is 11.7 Å². The van der Waals surface area contributed by atoms with E-state index in [9.17, 15) is 4.79 Å².